The maximum atomic E-state index is 3.51. The number of nitrogens with one attached hydrogen (secondary N) is 1. The molecule has 0 aliphatic carbocycles. The van der Waals surface area contributed by atoms with E-state index < -0.39 is 0 Å². The van der Waals surface area contributed by atoms with Gasteiger partial charge in [-0.25, -0.2) is 0 Å². The van der Waals surface area contributed by atoms with Crippen molar-refractivity contribution in [2.45, 2.75) is 6.92 Å². The Bertz CT molecular complexity index is 64.6. The molecule has 40 valence electrons. The molecule has 0 atom stereocenters. The van der Waals surface area contributed by atoms with Gasteiger partial charge in [0.25, 0.3) is 0 Å². The van der Waals surface area contributed by atoms with E-state index in [1.165, 1.54) is 0 Å². The van der Waals surface area contributed by atoms with Crippen molar-refractivity contribution in [1.82, 2.24) is 5.32 Å². The van der Waals surface area contributed by atoms with Gasteiger partial charge in [0.1, 0.15) is 0 Å². The molecule has 7 heavy (non-hydrogen) atoms. The lowest BCUT2D eigenvalue weighted by molar-refractivity contribution is 0.919. The minimum absolute atomic E-state index is 0.977. The summed E-state index contributed by atoms with van der Waals surface area (Å²) in [5.74, 6) is 0. The molecule has 0 saturated carbocycles. The Morgan fingerprint density at radius 3 is 2.86 bits per heavy atom. The Morgan fingerprint density at radius 1 is 1.71 bits per heavy atom. The molecule has 0 aliphatic heterocycles. The summed E-state index contributed by atoms with van der Waals surface area (Å²) in [6, 6.07) is 0. The highest BCUT2D eigenvalue weighted by atomic mass is 14.8. The third kappa shape index (κ3) is 5.28. The van der Waals surface area contributed by atoms with Crippen molar-refractivity contribution in [3.05, 3.63) is 24.9 Å². The molecular formula is C6H11N. The van der Waals surface area contributed by atoms with Crippen LogP contribution in [0.4, 0.5) is 0 Å². The smallest absolute Gasteiger partial charge is 0.0113 e. The van der Waals surface area contributed by atoms with E-state index in [1.807, 2.05) is 19.2 Å². The van der Waals surface area contributed by atoms with Crippen molar-refractivity contribution >= 4 is 0 Å². The Balaban J connectivity index is 2.92. The molecule has 0 unspecified atom stereocenters. The monoisotopic (exact) mass is 97.1 g/mol. The molecule has 0 radical (unpaired) electrons. The van der Waals surface area contributed by atoms with Gasteiger partial charge >= 0.3 is 0 Å². The summed E-state index contributed by atoms with van der Waals surface area (Å²) in [5, 5.41) is 3.00. The van der Waals surface area contributed by atoms with Gasteiger partial charge in [-0.2, -0.15) is 0 Å². The maximum Gasteiger partial charge on any atom is 0.0113 e. The van der Waals surface area contributed by atoms with Crippen LogP contribution in [0.1, 0.15) is 6.92 Å². The molecule has 0 bridgehead atoms. The molecule has 0 aromatic rings. The van der Waals surface area contributed by atoms with Crippen LogP contribution < -0.4 is 5.32 Å². The number of hydrogen-bond donors (Lipinski definition) is 1. The van der Waals surface area contributed by atoms with Crippen LogP contribution in [0.15, 0.2) is 24.9 Å². The van der Waals surface area contributed by atoms with Gasteiger partial charge < -0.3 is 5.32 Å². The summed E-state index contributed by atoms with van der Waals surface area (Å²) < 4.78 is 0. The van der Waals surface area contributed by atoms with E-state index in [1.54, 1.807) is 6.08 Å². The Morgan fingerprint density at radius 2 is 2.43 bits per heavy atom. The third-order valence-corrected chi connectivity index (χ3v) is 0.554. The minimum Gasteiger partial charge on any atom is -0.391 e. The summed E-state index contributed by atoms with van der Waals surface area (Å²) in [6.45, 7) is 6.53. The molecule has 0 rings (SSSR count). The summed E-state index contributed by atoms with van der Waals surface area (Å²) >= 11 is 0. The van der Waals surface area contributed by atoms with Crippen LogP contribution in [-0.2, 0) is 0 Å². The third-order valence-electron chi connectivity index (χ3n) is 0.554. The van der Waals surface area contributed by atoms with Crippen LogP contribution in [-0.4, -0.2) is 6.54 Å². The van der Waals surface area contributed by atoms with Gasteiger partial charge in [0, 0.05) is 6.54 Å². The molecular weight excluding hydrogens is 86.1 g/mol. The summed E-state index contributed by atoms with van der Waals surface area (Å²) in [5.41, 5.74) is 0. The van der Waals surface area contributed by atoms with E-state index in [9.17, 15) is 0 Å². The lowest BCUT2D eigenvalue weighted by Crippen LogP contribution is -2.00. The van der Waals surface area contributed by atoms with E-state index in [2.05, 4.69) is 11.9 Å². The van der Waals surface area contributed by atoms with Gasteiger partial charge in [0.2, 0.25) is 0 Å². The molecule has 0 aliphatic rings. The van der Waals surface area contributed by atoms with Crippen molar-refractivity contribution in [2.24, 2.45) is 0 Å². The fourth-order valence-corrected chi connectivity index (χ4v) is 0.254. The van der Waals surface area contributed by atoms with E-state index >= 15 is 0 Å². The zero-order valence-electron chi connectivity index (χ0n) is 4.65. The van der Waals surface area contributed by atoms with Crippen molar-refractivity contribution in [1.29, 1.82) is 0 Å². The molecule has 0 saturated heterocycles. The molecule has 1 heteroatoms. The summed E-state index contributed by atoms with van der Waals surface area (Å²) in [6.07, 6.45) is 5.47. The van der Waals surface area contributed by atoms with E-state index in [-0.39, 0.29) is 0 Å². The largest absolute Gasteiger partial charge is 0.391 e. The number of rotatable bonds is 3. The molecule has 0 spiro atoms. The SMILES string of the molecule is C=C/C=C/NCC. The van der Waals surface area contributed by atoms with Crippen LogP contribution >= 0.6 is 0 Å². The quantitative estimate of drug-likeness (QED) is 0.523. The first-order chi connectivity index (χ1) is 3.41. The van der Waals surface area contributed by atoms with Crippen LogP contribution in [0.3, 0.4) is 0 Å². The second-order valence-electron chi connectivity index (χ2n) is 1.15. The highest BCUT2D eigenvalue weighted by molar-refractivity contribution is 4.95. The molecule has 1 nitrogen and oxygen atoms in total. The molecule has 0 fully saturated rings. The number of allylic oxidation sites excluding steroid dienone is 2. The average Bonchev–Trinajstić information content (AvgIpc) is 1.69. The zero-order chi connectivity index (χ0) is 5.54. The maximum absolute atomic E-state index is 3.51. The van der Waals surface area contributed by atoms with Gasteiger partial charge in [0.15, 0.2) is 0 Å². The second-order valence-corrected chi connectivity index (χ2v) is 1.15. The minimum atomic E-state index is 0.977. The van der Waals surface area contributed by atoms with Crippen molar-refractivity contribution in [3.63, 3.8) is 0 Å². The van der Waals surface area contributed by atoms with E-state index in [0.29, 0.717) is 0 Å². The predicted octanol–water partition coefficient (Wildman–Crippen LogP) is 1.30. The topological polar surface area (TPSA) is 12.0 Å². The molecule has 0 aromatic carbocycles. The van der Waals surface area contributed by atoms with Crippen LogP contribution in [0.25, 0.3) is 0 Å². The first kappa shape index (κ1) is 6.28. The first-order valence-corrected chi connectivity index (χ1v) is 2.42. The Hall–Kier alpha value is -0.720. The molecule has 0 amide bonds. The summed E-state index contributed by atoms with van der Waals surface area (Å²) in [7, 11) is 0. The summed E-state index contributed by atoms with van der Waals surface area (Å²) in [4.78, 5) is 0. The van der Waals surface area contributed by atoms with Crippen LogP contribution in [0, 0.1) is 0 Å². The normalized spacial score (nSPS) is 9.29. The van der Waals surface area contributed by atoms with Gasteiger partial charge in [-0.1, -0.05) is 12.7 Å². The van der Waals surface area contributed by atoms with Gasteiger partial charge in [-0.05, 0) is 19.2 Å². The highest BCUT2D eigenvalue weighted by Crippen LogP contribution is 1.64. The van der Waals surface area contributed by atoms with Crippen molar-refractivity contribution in [2.75, 3.05) is 6.54 Å². The predicted molar refractivity (Wildman–Crippen MR) is 33.0 cm³/mol. The fourth-order valence-electron chi connectivity index (χ4n) is 0.254. The Labute approximate surface area is 44.7 Å². The van der Waals surface area contributed by atoms with Crippen molar-refractivity contribution in [3.8, 4) is 0 Å². The van der Waals surface area contributed by atoms with Gasteiger partial charge in [0.05, 0.1) is 0 Å². The first-order valence-electron chi connectivity index (χ1n) is 2.42. The van der Waals surface area contributed by atoms with Crippen LogP contribution in [0.2, 0.25) is 0 Å². The van der Waals surface area contributed by atoms with E-state index in [4.69, 9.17) is 0 Å². The number of hydrogen-bond acceptors (Lipinski definition) is 1. The molecule has 1 N–H and O–H groups in total. The fraction of sp³-hybridized carbons (Fsp3) is 0.333. The molecule has 0 heterocycles. The van der Waals surface area contributed by atoms with Gasteiger partial charge in [-0.3, -0.25) is 0 Å². The lowest BCUT2D eigenvalue weighted by Gasteiger charge is -1.86. The average molecular weight is 97.2 g/mol. The van der Waals surface area contributed by atoms with E-state index in [0.717, 1.165) is 6.54 Å². The Kier molecular flexibility index (Phi) is 4.74. The zero-order valence-corrected chi connectivity index (χ0v) is 4.65. The highest BCUT2D eigenvalue weighted by Gasteiger charge is 1.60. The van der Waals surface area contributed by atoms with Crippen LogP contribution in [0.5, 0.6) is 0 Å². The molecule has 0 aromatic heterocycles. The standard InChI is InChI=1S/C6H11N/c1-3-5-6-7-4-2/h3,5-7H,1,4H2,2H3/b6-5+. The van der Waals surface area contributed by atoms with Gasteiger partial charge in [-0.15, -0.1) is 0 Å². The lowest BCUT2D eigenvalue weighted by atomic mass is 10.6. The second kappa shape index (κ2) is 5.28. The van der Waals surface area contributed by atoms with Crippen molar-refractivity contribution < 1.29 is 0 Å².